The molecule has 1 aromatic carbocycles. The van der Waals surface area contributed by atoms with Crippen LogP contribution in [0.25, 0.3) is 15.9 Å². The molecule has 4 rings (SSSR count). The Labute approximate surface area is 191 Å². The van der Waals surface area contributed by atoms with Gasteiger partial charge in [-0.3, -0.25) is 14.2 Å². The zero-order chi connectivity index (χ0) is 22.5. The lowest BCUT2D eigenvalue weighted by Crippen LogP contribution is -2.44. The molecule has 0 spiro atoms. The summed E-state index contributed by atoms with van der Waals surface area (Å²) in [6.45, 7) is 11.8. The van der Waals surface area contributed by atoms with E-state index in [1.807, 2.05) is 53.7 Å². The van der Waals surface area contributed by atoms with Crippen molar-refractivity contribution in [3.05, 3.63) is 50.1 Å². The maximum Gasteiger partial charge on any atom is 0.267 e. The van der Waals surface area contributed by atoms with Crippen LogP contribution in [0.2, 0.25) is 0 Å². The van der Waals surface area contributed by atoms with Crippen molar-refractivity contribution in [3.63, 3.8) is 0 Å². The monoisotopic (exact) mass is 455 g/mol. The Morgan fingerprint density at radius 1 is 1.26 bits per heavy atom. The van der Waals surface area contributed by atoms with Gasteiger partial charge in [-0.25, -0.2) is 4.98 Å². The van der Waals surface area contributed by atoms with Gasteiger partial charge in [-0.05, 0) is 78.0 Å². The molecule has 0 saturated heterocycles. The number of hydrogen-bond acceptors (Lipinski definition) is 5. The minimum atomic E-state index is -0.382. The number of carbonyl (C=O) groups excluding carboxylic acids is 1. The van der Waals surface area contributed by atoms with Gasteiger partial charge in [0.1, 0.15) is 4.83 Å². The second kappa shape index (κ2) is 8.10. The maximum atomic E-state index is 13.8. The predicted octanol–water partition coefficient (Wildman–Crippen LogP) is 4.95. The van der Waals surface area contributed by atoms with Crippen molar-refractivity contribution < 1.29 is 4.79 Å². The van der Waals surface area contributed by atoms with Crippen LogP contribution in [0.5, 0.6) is 0 Å². The number of thioether (sulfide) groups is 1. The van der Waals surface area contributed by atoms with Gasteiger partial charge in [-0.2, -0.15) is 0 Å². The molecule has 3 aromatic rings. The van der Waals surface area contributed by atoms with Crippen LogP contribution in [0.15, 0.2) is 28.2 Å². The Kier molecular flexibility index (Phi) is 5.77. The van der Waals surface area contributed by atoms with Gasteiger partial charge in [0.2, 0.25) is 5.91 Å². The highest BCUT2D eigenvalue weighted by atomic mass is 32.2. The number of carbonyl (C=O) groups is 1. The highest BCUT2D eigenvalue weighted by Gasteiger charge is 2.27. The van der Waals surface area contributed by atoms with Gasteiger partial charge >= 0.3 is 0 Å². The van der Waals surface area contributed by atoms with Crippen molar-refractivity contribution in [1.82, 2.24) is 14.9 Å². The molecule has 0 aliphatic heterocycles. The first-order chi connectivity index (χ1) is 14.5. The van der Waals surface area contributed by atoms with Crippen molar-refractivity contribution in [3.8, 4) is 5.69 Å². The largest absolute Gasteiger partial charge is 0.351 e. The average molecular weight is 456 g/mol. The van der Waals surface area contributed by atoms with Crippen molar-refractivity contribution in [1.29, 1.82) is 0 Å². The molecule has 0 saturated carbocycles. The fourth-order valence-corrected chi connectivity index (χ4v) is 6.28. The minimum absolute atomic E-state index is 0.0257. The van der Waals surface area contributed by atoms with Crippen molar-refractivity contribution in [2.45, 2.75) is 76.8 Å². The molecule has 7 heteroatoms. The molecular weight excluding hydrogens is 426 g/mol. The van der Waals surface area contributed by atoms with E-state index in [9.17, 15) is 9.59 Å². The van der Waals surface area contributed by atoms with E-state index in [1.54, 1.807) is 15.9 Å². The second-order valence-corrected chi connectivity index (χ2v) is 11.8. The number of hydrogen-bond donors (Lipinski definition) is 1. The van der Waals surface area contributed by atoms with Gasteiger partial charge < -0.3 is 5.32 Å². The first kappa shape index (κ1) is 22.1. The molecule has 2 heterocycles. The van der Waals surface area contributed by atoms with E-state index in [4.69, 9.17) is 4.98 Å². The van der Waals surface area contributed by atoms with Gasteiger partial charge in [0.15, 0.2) is 5.16 Å². The van der Waals surface area contributed by atoms with E-state index in [2.05, 4.69) is 11.4 Å². The van der Waals surface area contributed by atoms with Crippen LogP contribution in [0.1, 0.15) is 55.7 Å². The number of benzene rings is 1. The average Bonchev–Trinajstić information content (AvgIpc) is 3.22. The molecule has 164 valence electrons. The van der Waals surface area contributed by atoms with E-state index in [1.165, 1.54) is 22.2 Å². The first-order valence-corrected chi connectivity index (χ1v) is 12.4. The summed E-state index contributed by atoms with van der Waals surface area (Å²) in [7, 11) is 0. The molecule has 2 aromatic heterocycles. The van der Waals surface area contributed by atoms with E-state index in [-0.39, 0.29) is 22.3 Å². The lowest BCUT2D eigenvalue weighted by Gasteiger charge is -2.23. The van der Waals surface area contributed by atoms with Crippen LogP contribution in [0.3, 0.4) is 0 Å². The number of nitrogens with one attached hydrogen (secondary N) is 1. The summed E-state index contributed by atoms with van der Waals surface area (Å²) in [6.07, 6.45) is 3.06. The summed E-state index contributed by atoms with van der Waals surface area (Å²) in [5.74, 6) is -0.0623. The van der Waals surface area contributed by atoms with E-state index < -0.39 is 0 Å². The highest BCUT2D eigenvalue weighted by Crippen LogP contribution is 2.37. The van der Waals surface area contributed by atoms with Gasteiger partial charge in [0.25, 0.3) is 5.56 Å². The Morgan fingerprint density at radius 2 is 2.00 bits per heavy atom. The summed E-state index contributed by atoms with van der Waals surface area (Å²) >= 11 is 2.98. The third-order valence-electron chi connectivity index (χ3n) is 5.45. The van der Waals surface area contributed by atoms with Crippen LogP contribution < -0.4 is 10.9 Å². The van der Waals surface area contributed by atoms with E-state index >= 15 is 0 Å². The fraction of sp³-hybridized carbons (Fsp3) is 0.458. The standard InChI is InChI=1S/C24H29N3O2S2/c1-13-10-11-17(14(2)12-13)27-22(29)19-16-8-7-9-18(16)31-21(19)25-23(27)30-15(3)20(28)26-24(4,5)6/h10-12,15H,7-9H2,1-6H3,(H,26,28). The molecule has 1 aliphatic carbocycles. The number of rotatable bonds is 4. The molecular formula is C24H29N3O2S2. The normalized spacial score (nSPS) is 14.6. The molecule has 0 fully saturated rings. The summed E-state index contributed by atoms with van der Waals surface area (Å²) < 4.78 is 1.72. The minimum Gasteiger partial charge on any atom is -0.351 e. The van der Waals surface area contributed by atoms with Gasteiger partial charge in [-0.15, -0.1) is 11.3 Å². The second-order valence-electron chi connectivity index (χ2n) is 9.36. The van der Waals surface area contributed by atoms with Crippen LogP contribution in [-0.4, -0.2) is 26.2 Å². The molecule has 1 atom stereocenters. The molecule has 1 unspecified atom stereocenters. The lowest BCUT2D eigenvalue weighted by molar-refractivity contribution is -0.121. The smallest absolute Gasteiger partial charge is 0.267 e. The predicted molar refractivity (Wildman–Crippen MR) is 130 cm³/mol. The number of aryl methyl sites for hydroxylation is 4. The zero-order valence-corrected chi connectivity index (χ0v) is 20.6. The molecule has 0 bridgehead atoms. The molecule has 0 radical (unpaired) electrons. The summed E-state index contributed by atoms with van der Waals surface area (Å²) in [4.78, 5) is 33.5. The van der Waals surface area contributed by atoms with E-state index in [0.717, 1.165) is 46.3 Å². The third-order valence-corrected chi connectivity index (χ3v) is 7.69. The van der Waals surface area contributed by atoms with Crippen LogP contribution in [0, 0.1) is 13.8 Å². The van der Waals surface area contributed by atoms with Crippen molar-refractivity contribution in [2.24, 2.45) is 0 Å². The molecule has 31 heavy (non-hydrogen) atoms. The molecule has 1 aliphatic rings. The topological polar surface area (TPSA) is 64.0 Å². The number of amides is 1. The van der Waals surface area contributed by atoms with Crippen molar-refractivity contribution in [2.75, 3.05) is 0 Å². The van der Waals surface area contributed by atoms with E-state index in [0.29, 0.717) is 5.16 Å². The van der Waals surface area contributed by atoms with Gasteiger partial charge in [0, 0.05) is 10.4 Å². The number of fused-ring (bicyclic) bond motifs is 3. The van der Waals surface area contributed by atoms with Gasteiger partial charge in [-0.1, -0.05) is 29.5 Å². The third kappa shape index (κ3) is 4.30. The quantitative estimate of drug-likeness (QED) is 0.447. The molecule has 1 amide bonds. The number of thiophene rings is 1. The van der Waals surface area contributed by atoms with Crippen LogP contribution >= 0.6 is 23.1 Å². The first-order valence-electron chi connectivity index (χ1n) is 10.7. The number of aromatic nitrogens is 2. The summed E-state index contributed by atoms with van der Waals surface area (Å²) in [5, 5.41) is 3.97. The fourth-order valence-electron chi connectivity index (χ4n) is 4.06. The Hall–Kier alpha value is -2.12. The Balaban J connectivity index is 1.87. The summed E-state index contributed by atoms with van der Waals surface area (Å²) in [5.41, 5.74) is 3.82. The zero-order valence-electron chi connectivity index (χ0n) is 19.0. The van der Waals surface area contributed by atoms with Crippen LogP contribution in [-0.2, 0) is 17.6 Å². The van der Waals surface area contributed by atoms with Crippen molar-refractivity contribution >= 4 is 39.2 Å². The highest BCUT2D eigenvalue weighted by molar-refractivity contribution is 8.00. The molecule has 1 N–H and O–H groups in total. The molecule has 5 nitrogen and oxygen atoms in total. The summed E-state index contributed by atoms with van der Waals surface area (Å²) in [6, 6.07) is 6.07. The van der Waals surface area contributed by atoms with Crippen LogP contribution in [0.4, 0.5) is 0 Å². The SMILES string of the molecule is Cc1ccc(-n2c(SC(C)C(=O)NC(C)(C)C)nc3sc4c(c3c2=O)CCC4)c(C)c1. The maximum absolute atomic E-state index is 13.8. The number of nitrogens with zero attached hydrogens (tertiary/aromatic N) is 2. The van der Waals surface area contributed by atoms with Gasteiger partial charge in [0.05, 0.1) is 16.3 Å². The Bertz CT molecular complexity index is 1230. The Morgan fingerprint density at radius 3 is 2.68 bits per heavy atom. The lowest BCUT2D eigenvalue weighted by atomic mass is 10.1.